The van der Waals surface area contributed by atoms with Gasteiger partial charge >= 0.3 is 5.97 Å². The van der Waals surface area contributed by atoms with Crippen LogP contribution in [0.25, 0.3) is 10.1 Å². The van der Waals surface area contributed by atoms with Gasteiger partial charge in [0.1, 0.15) is 15.6 Å². The Hall–Kier alpha value is -2.09. The van der Waals surface area contributed by atoms with E-state index in [1.54, 1.807) is 14.0 Å². The van der Waals surface area contributed by atoms with Crippen molar-refractivity contribution in [2.75, 3.05) is 19.0 Å². The number of carbonyl (C=O) groups is 2. The number of amides is 1. The third-order valence-electron chi connectivity index (χ3n) is 4.67. The summed E-state index contributed by atoms with van der Waals surface area (Å²) in [6, 6.07) is 5.51. The number of methoxy groups -OCH3 is 1. The van der Waals surface area contributed by atoms with Gasteiger partial charge in [-0.3, -0.25) is 4.79 Å². The highest BCUT2D eigenvalue weighted by atomic mass is 35.5. The van der Waals surface area contributed by atoms with Crippen LogP contribution in [0.2, 0.25) is 5.02 Å². The lowest BCUT2D eigenvalue weighted by atomic mass is 10.1. The van der Waals surface area contributed by atoms with Crippen LogP contribution >= 0.6 is 34.3 Å². The van der Waals surface area contributed by atoms with Crippen LogP contribution in [0, 0.1) is 0 Å². The molecule has 8 heteroatoms. The summed E-state index contributed by atoms with van der Waals surface area (Å²) in [5.74, 6) is -0.00309. The lowest BCUT2D eigenvalue weighted by Gasteiger charge is -2.07. The number of anilines is 1. The Morgan fingerprint density at radius 2 is 2.07 bits per heavy atom. The predicted octanol–water partition coefficient (Wildman–Crippen LogP) is 5.54. The van der Waals surface area contributed by atoms with Crippen molar-refractivity contribution < 1.29 is 19.1 Å². The van der Waals surface area contributed by atoms with Gasteiger partial charge in [-0.05, 0) is 49.9 Å². The summed E-state index contributed by atoms with van der Waals surface area (Å²) in [4.78, 5) is 27.0. The van der Waals surface area contributed by atoms with Crippen molar-refractivity contribution in [3.63, 3.8) is 0 Å². The standard InChI is InChI=1S/C20H18ClNO4S2/c1-3-26-20(24)15-11-5-4-6-13(11)28-19(15)22-18(23)17-16(21)12-8-7-10(25-2)9-14(12)27-17/h7-9H,3-6H2,1-2H3,(H,22,23). The van der Waals surface area contributed by atoms with E-state index in [-0.39, 0.29) is 11.9 Å². The average Bonchev–Trinajstić information content (AvgIpc) is 3.34. The molecule has 0 saturated carbocycles. The number of hydrogen-bond donors (Lipinski definition) is 1. The first-order chi connectivity index (χ1) is 13.5. The molecular formula is C20H18ClNO4S2. The van der Waals surface area contributed by atoms with Gasteiger partial charge in [0.25, 0.3) is 5.91 Å². The molecule has 0 fully saturated rings. The van der Waals surface area contributed by atoms with E-state index < -0.39 is 0 Å². The lowest BCUT2D eigenvalue weighted by molar-refractivity contribution is 0.0527. The van der Waals surface area contributed by atoms with E-state index in [0.717, 1.165) is 39.8 Å². The summed E-state index contributed by atoms with van der Waals surface area (Å²) in [6.45, 7) is 2.06. The predicted molar refractivity (Wildman–Crippen MR) is 114 cm³/mol. The number of halogens is 1. The van der Waals surface area contributed by atoms with Gasteiger partial charge in [0.15, 0.2) is 0 Å². The molecule has 0 bridgehead atoms. The van der Waals surface area contributed by atoms with Gasteiger partial charge in [0.05, 0.1) is 24.3 Å². The summed E-state index contributed by atoms with van der Waals surface area (Å²) >= 11 is 9.22. The van der Waals surface area contributed by atoms with E-state index in [1.807, 2.05) is 18.2 Å². The Morgan fingerprint density at radius 3 is 2.82 bits per heavy atom. The molecule has 0 spiro atoms. The first-order valence-electron chi connectivity index (χ1n) is 8.92. The Balaban J connectivity index is 1.68. The number of fused-ring (bicyclic) bond motifs is 2. The molecule has 2 heterocycles. The van der Waals surface area contributed by atoms with E-state index in [2.05, 4.69) is 5.32 Å². The van der Waals surface area contributed by atoms with E-state index in [0.29, 0.717) is 32.8 Å². The topological polar surface area (TPSA) is 64.6 Å². The first-order valence-corrected chi connectivity index (χ1v) is 10.9. The first kappa shape index (κ1) is 19.2. The molecule has 5 nitrogen and oxygen atoms in total. The van der Waals surface area contributed by atoms with Crippen molar-refractivity contribution >= 4 is 61.2 Å². The van der Waals surface area contributed by atoms with Crippen LogP contribution < -0.4 is 10.1 Å². The highest BCUT2D eigenvalue weighted by molar-refractivity contribution is 7.22. The third kappa shape index (κ3) is 3.27. The smallest absolute Gasteiger partial charge is 0.341 e. The van der Waals surface area contributed by atoms with Gasteiger partial charge in [-0.15, -0.1) is 22.7 Å². The van der Waals surface area contributed by atoms with Gasteiger partial charge in [0, 0.05) is 15.0 Å². The Bertz CT molecular complexity index is 1090. The number of esters is 1. The van der Waals surface area contributed by atoms with Crippen molar-refractivity contribution in [1.82, 2.24) is 0 Å². The lowest BCUT2D eigenvalue weighted by Crippen LogP contribution is -2.14. The normalized spacial score (nSPS) is 12.8. The van der Waals surface area contributed by atoms with Gasteiger partial charge in [-0.2, -0.15) is 0 Å². The molecule has 1 N–H and O–H groups in total. The van der Waals surface area contributed by atoms with Crippen LogP contribution in [-0.4, -0.2) is 25.6 Å². The van der Waals surface area contributed by atoms with E-state index in [1.165, 1.54) is 22.7 Å². The molecule has 1 aliphatic rings. The number of aryl methyl sites for hydroxylation is 1. The quantitative estimate of drug-likeness (QED) is 0.534. The number of rotatable bonds is 5. The number of carbonyl (C=O) groups excluding carboxylic acids is 2. The maximum absolute atomic E-state index is 13.0. The minimum absolute atomic E-state index is 0.292. The molecule has 0 atom stereocenters. The Kier molecular flexibility index (Phi) is 5.31. The molecule has 2 aromatic heterocycles. The van der Waals surface area contributed by atoms with Gasteiger partial charge in [-0.1, -0.05) is 11.6 Å². The fraction of sp³-hybridized carbons (Fsp3) is 0.300. The highest BCUT2D eigenvalue weighted by Crippen LogP contribution is 2.41. The minimum atomic E-state index is -0.385. The van der Waals surface area contributed by atoms with Crippen molar-refractivity contribution in [3.05, 3.63) is 44.1 Å². The molecule has 0 radical (unpaired) electrons. The molecule has 28 heavy (non-hydrogen) atoms. The van der Waals surface area contributed by atoms with Gasteiger partial charge < -0.3 is 14.8 Å². The third-order valence-corrected chi connectivity index (χ3v) is 7.53. The van der Waals surface area contributed by atoms with E-state index >= 15 is 0 Å². The zero-order chi connectivity index (χ0) is 19.8. The molecule has 4 rings (SSSR count). The fourth-order valence-electron chi connectivity index (χ4n) is 3.39. The summed E-state index contributed by atoms with van der Waals surface area (Å²) in [6.07, 6.45) is 2.77. The van der Waals surface area contributed by atoms with E-state index in [4.69, 9.17) is 21.1 Å². The van der Waals surface area contributed by atoms with Crippen LogP contribution in [0.15, 0.2) is 18.2 Å². The minimum Gasteiger partial charge on any atom is -0.497 e. The van der Waals surface area contributed by atoms with Crippen molar-refractivity contribution in [3.8, 4) is 5.75 Å². The van der Waals surface area contributed by atoms with E-state index in [9.17, 15) is 9.59 Å². The molecule has 0 aliphatic heterocycles. The number of nitrogens with one attached hydrogen (secondary N) is 1. The maximum atomic E-state index is 13.0. The number of ether oxygens (including phenoxy) is 2. The van der Waals surface area contributed by atoms with Crippen LogP contribution in [0.1, 0.15) is 43.8 Å². The number of thiophene rings is 2. The van der Waals surface area contributed by atoms with Gasteiger partial charge in [0.2, 0.25) is 0 Å². The average molecular weight is 436 g/mol. The van der Waals surface area contributed by atoms with Crippen molar-refractivity contribution in [2.45, 2.75) is 26.2 Å². The Labute approximate surface area is 175 Å². The van der Waals surface area contributed by atoms with Crippen LogP contribution in [-0.2, 0) is 17.6 Å². The second-order valence-corrected chi connectivity index (χ2v) is 8.88. The van der Waals surface area contributed by atoms with Crippen molar-refractivity contribution in [2.24, 2.45) is 0 Å². The number of benzene rings is 1. The van der Waals surface area contributed by atoms with Crippen LogP contribution in [0.3, 0.4) is 0 Å². The summed E-state index contributed by atoms with van der Waals surface area (Å²) in [5, 5.41) is 4.65. The molecule has 1 aliphatic carbocycles. The summed E-state index contributed by atoms with van der Waals surface area (Å²) in [5.41, 5.74) is 1.50. The monoisotopic (exact) mass is 435 g/mol. The second kappa shape index (κ2) is 7.73. The SMILES string of the molecule is CCOC(=O)c1c(NC(=O)c2sc3cc(OC)ccc3c2Cl)sc2c1CCC2. The summed E-state index contributed by atoms with van der Waals surface area (Å²) in [7, 11) is 1.59. The zero-order valence-electron chi connectivity index (χ0n) is 15.4. The van der Waals surface area contributed by atoms with Gasteiger partial charge in [-0.25, -0.2) is 4.79 Å². The molecule has 3 aromatic rings. The largest absolute Gasteiger partial charge is 0.497 e. The Morgan fingerprint density at radius 1 is 1.25 bits per heavy atom. The molecule has 0 unspecified atom stereocenters. The number of hydrogen-bond acceptors (Lipinski definition) is 6. The summed E-state index contributed by atoms with van der Waals surface area (Å²) < 4.78 is 11.3. The maximum Gasteiger partial charge on any atom is 0.341 e. The van der Waals surface area contributed by atoms with Crippen LogP contribution in [0.4, 0.5) is 5.00 Å². The van der Waals surface area contributed by atoms with Crippen LogP contribution in [0.5, 0.6) is 5.75 Å². The molecule has 1 amide bonds. The fourth-order valence-corrected chi connectivity index (χ4v) is 6.10. The zero-order valence-corrected chi connectivity index (χ0v) is 17.8. The molecular weight excluding hydrogens is 418 g/mol. The second-order valence-electron chi connectivity index (χ2n) is 6.34. The van der Waals surface area contributed by atoms with Crippen molar-refractivity contribution in [1.29, 1.82) is 0 Å². The molecule has 0 saturated heterocycles. The molecule has 146 valence electrons. The molecule has 1 aromatic carbocycles. The highest BCUT2D eigenvalue weighted by Gasteiger charge is 2.29.